The Morgan fingerprint density at radius 2 is 2.19 bits per heavy atom. The smallest absolute Gasteiger partial charge is 0.123 e. The zero-order valence-corrected chi connectivity index (χ0v) is 11.0. The molecule has 1 aromatic carbocycles. The summed E-state index contributed by atoms with van der Waals surface area (Å²) in [5.41, 5.74) is 0.810. The number of rotatable bonds is 3. The normalized spacial score (nSPS) is 12.4. The zero-order chi connectivity index (χ0) is 11.5. The molecule has 1 unspecified atom stereocenters. The van der Waals surface area contributed by atoms with Crippen LogP contribution in [0.15, 0.2) is 35.7 Å². The fourth-order valence-corrected chi connectivity index (χ4v) is 3.04. The summed E-state index contributed by atoms with van der Waals surface area (Å²) in [7, 11) is 1.59. The molecule has 1 heterocycles. The van der Waals surface area contributed by atoms with Gasteiger partial charge in [-0.1, -0.05) is 22.0 Å². The van der Waals surface area contributed by atoms with Crippen LogP contribution in [0.4, 0.5) is 4.39 Å². The molecule has 0 aliphatic carbocycles. The van der Waals surface area contributed by atoms with Gasteiger partial charge in [-0.3, -0.25) is 0 Å². The lowest BCUT2D eigenvalue weighted by Gasteiger charge is -2.12. The van der Waals surface area contributed by atoms with Gasteiger partial charge in [0, 0.05) is 10.4 Å². The van der Waals surface area contributed by atoms with Crippen LogP contribution >= 0.6 is 27.3 Å². The van der Waals surface area contributed by atoms with Crippen LogP contribution in [0, 0.1) is 5.82 Å². The molecule has 0 spiro atoms. The Morgan fingerprint density at radius 1 is 1.38 bits per heavy atom. The fourth-order valence-electron chi connectivity index (χ4n) is 1.49. The van der Waals surface area contributed by atoms with Crippen LogP contribution in [0.2, 0.25) is 0 Å². The summed E-state index contributed by atoms with van der Waals surface area (Å²) in [6, 6.07) is 8.52. The second-order valence-corrected chi connectivity index (χ2v) is 5.16. The second kappa shape index (κ2) is 4.97. The fraction of sp³-hybridized carbons (Fsp3) is 0.167. The Hall–Kier alpha value is -0.870. The van der Waals surface area contributed by atoms with E-state index in [2.05, 4.69) is 15.9 Å². The van der Waals surface area contributed by atoms with E-state index >= 15 is 0 Å². The molecule has 0 saturated carbocycles. The van der Waals surface area contributed by atoms with Crippen molar-refractivity contribution >= 4 is 27.3 Å². The monoisotopic (exact) mass is 300 g/mol. The van der Waals surface area contributed by atoms with Crippen molar-refractivity contribution in [3.63, 3.8) is 0 Å². The number of methoxy groups -OCH3 is 1. The summed E-state index contributed by atoms with van der Waals surface area (Å²) in [6.07, 6.45) is 0. The Labute approximate surface area is 106 Å². The molecule has 1 atom stereocenters. The summed E-state index contributed by atoms with van der Waals surface area (Å²) in [5, 5.41) is 2.00. The molecule has 16 heavy (non-hydrogen) atoms. The number of hydrogen-bond acceptors (Lipinski definition) is 2. The molecule has 0 radical (unpaired) electrons. The number of thiophene rings is 1. The minimum atomic E-state index is -0.253. The highest BCUT2D eigenvalue weighted by atomic mass is 79.9. The molecule has 1 nitrogen and oxygen atoms in total. The highest BCUT2D eigenvalue weighted by Crippen LogP contribution is 2.38. The Kier molecular flexibility index (Phi) is 3.61. The molecule has 0 amide bonds. The van der Waals surface area contributed by atoms with Gasteiger partial charge >= 0.3 is 0 Å². The first kappa shape index (κ1) is 11.6. The first-order valence-corrected chi connectivity index (χ1v) is 6.53. The Balaban J connectivity index is 2.42. The van der Waals surface area contributed by atoms with Crippen molar-refractivity contribution in [1.29, 1.82) is 0 Å². The highest BCUT2D eigenvalue weighted by molar-refractivity contribution is 9.09. The lowest BCUT2D eigenvalue weighted by molar-refractivity contribution is 0.409. The van der Waals surface area contributed by atoms with Gasteiger partial charge in [0.15, 0.2) is 0 Å². The minimum Gasteiger partial charge on any atom is -0.496 e. The van der Waals surface area contributed by atoms with Gasteiger partial charge in [-0.2, -0.15) is 0 Å². The molecule has 4 heteroatoms. The number of alkyl halides is 1. The van der Waals surface area contributed by atoms with Crippen molar-refractivity contribution in [2.45, 2.75) is 4.83 Å². The number of halogens is 2. The largest absolute Gasteiger partial charge is 0.496 e. The third-order valence-corrected chi connectivity index (χ3v) is 4.48. The molecule has 84 valence electrons. The van der Waals surface area contributed by atoms with E-state index in [1.54, 1.807) is 24.5 Å². The van der Waals surface area contributed by atoms with Gasteiger partial charge in [-0.05, 0) is 29.6 Å². The van der Waals surface area contributed by atoms with E-state index in [-0.39, 0.29) is 10.6 Å². The van der Waals surface area contributed by atoms with E-state index in [0.29, 0.717) is 5.75 Å². The Morgan fingerprint density at radius 3 is 2.81 bits per heavy atom. The third-order valence-electron chi connectivity index (χ3n) is 2.26. The van der Waals surface area contributed by atoms with Crippen molar-refractivity contribution < 1.29 is 9.13 Å². The van der Waals surface area contributed by atoms with Gasteiger partial charge in [0.25, 0.3) is 0 Å². The topological polar surface area (TPSA) is 9.23 Å². The van der Waals surface area contributed by atoms with Gasteiger partial charge in [0.05, 0.1) is 11.9 Å². The molecule has 0 N–H and O–H groups in total. The van der Waals surface area contributed by atoms with Crippen LogP contribution in [0.1, 0.15) is 15.3 Å². The van der Waals surface area contributed by atoms with Crippen LogP contribution in [0.5, 0.6) is 5.75 Å². The third kappa shape index (κ3) is 2.28. The number of benzene rings is 1. The van der Waals surface area contributed by atoms with Crippen LogP contribution in [-0.2, 0) is 0 Å². The van der Waals surface area contributed by atoms with E-state index in [1.165, 1.54) is 12.1 Å². The molecule has 1 aromatic heterocycles. The summed E-state index contributed by atoms with van der Waals surface area (Å²) < 4.78 is 18.4. The Bertz CT molecular complexity index is 470. The van der Waals surface area contributed by atoms with Gasteiger partial charge in [0.1, 0.15) is 11.6 Å². The molecule has 0 saturated heterocycles. The molecule has 0 aliphatic heterocycles. The second-order valence-electron chi connectivity index (χ2n) is 3.26. The number of hydrogen-bond donors (Lipinski definition) is 0. The first-order valence-electron chi connectivity index (χ1n) is 4.73. The van der Waals surface area contributed by atoms with Crippen LogP contribution < -0.4 is 4.74 Å². The first-order chi connectivity index (χ1) is 7.72. The van der Waals surface area contributed by atoms with Crippen molar-refractivity contribution in [2.24, 2.45) is 0 Å². The van der Waals surface area contributed by atoms with Gasteiger partial charge in [0.2, 0.25) is 0 Å². The quantitative estimate of drug-likeness (QED) is 0.764. The maximum Gasteiger partial charge on any atom is 0.123 e. The number of ether oxygens (including phenoxy) is 1. The summed E-state index contributed by atoms with van der Waals surface area (Å²) >= 11 is 5.19. The van der Waals surface area contributed by atoms with Crippen molar-refractivity contribution in [3.8, 4) is 5.75 Å². The zero-order valence-electron chi connectivity index (χ0n) is 8.61. The van der Waals surface area contributed by atoms with E-state index in [4.69, 9.17) is 4.74 Å². The average molecular weight is 301 g/mol. The SMILES string of the molecule is COc1ccc(F)cc1C(Br)c1cccs1. The predicted molar refractivity (Wildman–Crippen MR) is 68.0 cm³/mol. The summed E-state index contributed by atoms with van der Waals surface area (Å²) in [6.45, 7) is 0. The maximum atomic E-state index is 13.2. The minimum absolute atomic E-state index is 0.0295. The van der Waals surface area contributed by atoms with E-state index in [9.17, 15) is 4.39 Å². The van der Waals surface area contributed by atoms with Crippen molar-refractivity contribution in [2.75, 3.05) is 7.11 Å². The van der Waals surface area contributed by atoms with Crippen LogP contribution in [-0.4, -0.2) is 7.11 Å². The van der Waals surface area contributed by atoms with Gasteiger partial charge in [-0.15, -0.1) is 11.3 Å². The van der Waals surface area contributed by atoms with Crippen molar-refractivity contribution in [3.05, 3.63) is 52.0 Å². The molecular weight excluding hydrogens is 291 g/mol. The molecule has 0 fully saturated rings. The van der Waals surface area contributed by atoms with Crippen LogP contribution in [0.25, 0.3) is 0 Å². The lowest BCUT2D eigenvalue weighted by Crippen LogP contribution is -1.96. The summed E-state index contributed by atoms with van der Waals surface area (Å²) in [4.78, 5) is 1.10. The van der Waals surface area contributed by atoms with Crippen LogP contribution in [0.3, 0.4) is 0 Å². The maximum absolute atomic E-state index is 13.2. The highest BCUT2D eigenvalue weighted by Gasteiger charge is 2.16. The van der Waals surface area contributed by atoms with E-state index in [1.807, 2.05) is 17.5 Å². The summed E-state index contributed by atoms with van der Waals surface area (Å²) in [5.74, 6) is 0.438. The van der Waals surface area contributed by atoms with E-state index < -0.39 is 0 Å². The van der Waals surface area contributed by atoms with Crippen molar-refractivity contribution in [1.82, 2.24) is 0 Å². The average Bonchev–Trinajstić information content (AvgIpc) is 2.81. The molecule has 0 bridgehead atoms. The van der Waals surface area contributed by atoms with Gasteiger partial charge < -0.3 is 4.74 Å². The lowest BCUT2D eigenvalue weighted by atomic mass is 10.1. The standard InChI is InChI=1S/C12H10BrFOS/c1-15-10-5-4-8(14)7-9(10)12(13)11-3-2-6-16-11/h2-7,12H,1H3. The molecule has 0 aliphatic rings. The molecular formula is C12H10BrFOS. The molecule has 2 aromatic rings. The van der Waals surface area contributed by atoms with E-state index in [0.717, 1.165) is 10.4 Å². The predicted octanol–water partition coefficient (Wildman–Crippen LogP) is 4.38. The molecule has 2 rings (SSSR count). The van der Waals surface area contributed by atoms with Gasteiger partial charge in [-0.25, -0.2) is 4.39 Å².